The maximum absolute atomic E-state index is 13.5. The Bertz CT molecular complexity index is 1080. The van der Waals surface area contributed by atoms with Gasteiger partial charge >= 0.3 is 0 Å². The SMILES string of the molecule is Cc1ccc(N(CC(=O)NN=C2CCCCCCCCCCC2)S(=O)(=O)c2ccccc2)c(C)c1. The normalized spacial score (nSPS) is 16.0. The molecule has 3 rings (SSSR count). The minimum atomic E-state index is -3.93. The maximum Gasteiger partial charge on any atom is 0.264 e. The molecule has 1 N–H and O–H groups in total. The molecule has 1 saturated carbocycles. The second-order valence-electron chi connectivity index (χ2n) is 9.51. The van der Waals surface area contributed by atoms with Crippen LogP contribution < -0.4 is 9.73 Å². The van der Waals surface area contributed by atoms with E-state index in [2.05, 4.69) is 10.5 Å². The second-order valence-corrected chi connectivity index (χ2v) is 11.4. The average Bonchev–Trinajstić information content (AvgIpc) is 2.83. The van der Waals surface area contributed by atoms with Crippen LogP contribution in [-0.4, -0.2) is 26.6 Å². The molecule has 0 saturated heterocycles. The number of hydrogen-bond donors (Lipinski definition) is 1. The van der Waals surface area contributed by atoms with Gasteiger partial charge in [-0.1, -0.05) is 80.8 Å². The molecule has 0 unspecified atom stereocenters. The molecule has 0 aliphatic heterocycles. The van der Waals surface area contributed by atoms with Gasteiger partial charge in [-0.05, 0) is 63.3 Å². The standard InChI is InChI=1S/C28H39N3O3S/c1-23-19-20-27(24(2)21-23)31(35(33,34)26-17-13-10-14-18-26)22-28(32)30-29-25-15-11-8-6-4-3-5-7-9-12-16-25/h10,13-14,17-21H,3-9,11-12,15-16,22H2,1-2H3,(H,30,32). The van der Waals surface area contributed by atoms with Gasteiger partial charge in [-0.15, -0.1) is 0 Å². The highest BCUT2D eigenvalue weighted by Crippen LogP contribution is 2.27. The molecule has 1 aliphatic rings. The van der Waals surface area contributed by atoms with Crippen LogP contribution in [0.2, 0.25) is 0 Å². The van der Waals surface area contributed by atoms with Crippen molar-refractivity contribution < 1.29 is 13.2 Å². The first kappa shape index (κ1) is 26.9. The van der Waals surface area contributed by atoms with E-state index in [1.54, 1.807) is 36.4 Å². The zero-order valence-electron chi connectivity index (χ0n) is 21.1. The topological polar surface area (TPSA) is 78.8 Å². The summed E-state index contributed by atoms with van der Waals surface area (Å²) in [6.45, 7) is 3.48. The number of nitrogens with one attached hydrogen (secondary N) is 1. The van der Waals surface area contributed by atoms with Crippen molar-refractivity contribution in [1.82, 2.24) is 5.43 Å². The molecule has 1 amide bonds. The predicted molar refractivity (Wildman–Crippen MR) is 143 cm³/mol. The smallest absolute Gasteiger partial charge is 0.264 e. The van der Waals surface area contributed by atoms with E-state index < -0.39 is 15.9 Å². The quantitative estimate of drug-likeness (QED) is 0.477. The van der Waals surface area contributed by atoms with E-state index >= 15 is 0 Å². The molecule has 190 valence electrons. The third-order valence-electron chi connectivity index (χ3n) is 6.51. The van der Waals surface area contributed by atoms with Gasteiger partial charge in [0.15, 0.2) is 0 Å². The number of aryl methyl sites for hydroxylation is 2. The fraction of sp³-hybridized carbons (Fsp3) is 0.500. The van der Waals surface area contributed by atoms with E-state index in [1.807, 2.05) is 26.0 Å². The fourth-order valence-corrected chi connectivity index (χ4v) is 6.05. The van der Waals surface area contributed by atoms with Gasteiger partial charge in [-0.2, -0.15) is 5.10 Å². The number of hydrogen-bond acceptors (Lipinski definition) is 4. The summed E-state index contributed by atoms with van der Waals surface area (Å²) in [7, 11) is -3.93. The Kier molecular flexibility index (Phi) is 10.3. The van der Waals surface area contributed by atoms with Crippen LogP contribution in [0.4, 0.5) is 5.69 Å². The highest BCUT2D eigenvalue weighted by molar-refractivity contribution is 7.92. The number of carbonyl (C=O) groups is 1. The lowest BCUT2D eigenvalue weighted by Gasteiger charge is -2.25. The Morgan fingerprint density at radius 2 is 1.43 bits per heavy atom. The largest absolute Gasteiger partial charge is 0.271 e. The van der Waals surface area contributed by atoms with E-state index in [0.717, 1.165) is 42.5 Å². The third-order valence-corrected chi connectivity index (χ3v) is 8.28. The van der Waals surface area contributed by atoms with Gasteiger partial charge in [0.05, 0.1) is 10.6 Å². The van der Waals surface area contributed by atoms with Crippen LogP contribution in [0.15, 0.2) is 58.5 Å². The molecule has 7 heteroatoms. The number of rotatable bonds is 6. The average molecular weight is 498 g/mol. The summed E-state index contributed by atoms with van der Waals surface area (Å²) in [5.74, 6) is -0.442. The van der Waals surface area contributed by atoms with Crippen LogP contribution in [0.3, 0.4) is 0 Å². The fourth-order valence-electron chi connectivity index (χ4n) is 4.54. The van der Waals surface area contributed by atoms with Crippen LogP contribution in [0.5, 0.6) is 0 Å². The summed E-state index contributed by atoms with van der Waals surface area (Å²) in [4.78, 5) is 13.1. The van der Waals surface area contributed by atoms with Crippen LogP contribution >= 0.6 is 0 Å². The monoisotopic (exact) mass is 497 g/mol. The Morgan fingerprint density at radius 3 is 2.00 bits per heavy atom. The molecule has 0 heterocycles. The number of hydrazone groups is 1. The Morgan fingerprint density at radius 1 is 0.857 bits per heavy atom. The molecule has 1 fully saturated rings. The highest BCUT2D eigenvalue weighted by atomic mass is 32.2. The maximum atomic E-state index is 13.5. The zero-order chi connectivity index (χ0) is 25.1. The van der Waals surface area contributed by atoms with E-state index in [0.29, 0.717) is 5.69 Å². The molecule has 0 radical (unpaired) electrons. The zero-order valence-corrected chi connectivity index (χ0v) is 21.9. The van der Waals surface area contributed by atoms with Crippen LogP contribution in [0.25, 0.3) is 0 Å². The molecule has 0 bridgehead atoms. The van der Waals surface area contributed by atoms with Crippen molar-refractivity contribution in [2.75, 3.05) is 10.8 Å². The molecule has 1 aliphatic carbocycles. The van der Waals surface area contributed by atoms with Crippen molar-refractivity contribution in [1.29, 1.82) is 0 Å². The first-order chi connectivity index (χ1) is 16.9. The number of sulfonamides is 1. The van der Waals surface area contributed by atoms with Gasteiger partial charge < -0.3 is 0 Å². The van der Waals surface area contributed by atoms with Gasteiger partial charge in [0.2, 0.25) is 0 Å². The first-order valence-corrected chi connectivity index (χ1v) is 14.3. The molecular formula is C28H39N3O3S. The van der Waals surface area contributed by atoms with Gasteiger partial charge in [0.25, 0.3) is 15.9 Å². The first-order valence-electron chi connectivity index (χ1n) is 12.9. The Labute approximate surface area is 210 Å². The van der Waals surface area contributed by atoms with Crippen LogP contribution in [-0.2, 0) is 14.8 Å². The van der Waals surface area contributed by atoms with Crippen molar-refractivity contribution in [2.24, 2.45) is 5.10 Å². The molecule has 6 nitrogen and oxygen atoms in total. The molecule has 2 aromatic rings. The van der Waals surface area contributed by atoms with Crippen molar-refractivity contribution in [3.63, 3.8) is 0 Å². The second kappa shape index (κ2) is 13.4. The van der Waals surface area contributed by atoms with Gasteiger partial charge in [-0.25, -0.2) is 13.8 Å². The van der Waals surface area contributed by atoms with Gasteiger partial charge in [0.1, 0.15) is 6.54 Å². The highest BCUT2D eigenvalue weighted by Gasteiger charge is 2.28. The lowest BCUT2D eigenvalue weighted by atomic mass is 10.00. The van der Waals surface area contributed by atoms with Crippen LogP contribution in [0.1, 0.15) is 81.8 Å². The van der Waals surface area contributed by atoms with Crippen molar-refractivity contribution >= 4 is 27.3 Å². The third kappa shape index (κ3) is 8.20. The summed E-state index contributed by atoms with van der Waals surface area (Å²) in [6, 6.07) is 13.8. The van der Waals surface area contributed by atoms with Crippen molar-refractivity contribution in [3.8, 4) is 0 Å². The van der Waals surface area contributed by atoms with Gasteiger partial charge in [0, 0.05) is 5.71 Å². The molecule has 35 heavy (non-hydrogen) atoms. The molecule has 0 spiro atoms. The number of anilines is 1. The number of benzene rings is 2. The number of amides is 1. The van der Waals surface area contributed by atoms with Gasteiger partial charge in [-0.3, -0.25) is 9.10 Å². The Balaban J connectivity index is 1.78. The molecular weight excluding hydrogens is 458 g/mol. The van der Waals surface area contributed by atoms with Crippen LogP contribution in [0, 0.1) is 13.8 Å². The summed E-state index contributed by atoms with van der Waals surface area (Å²) in [5, 5.41) is 4.44. The van der Waals surface area contributed by atoms with E-state index in [4.69, 9.17) is 0 Å². The summed E-state index contributed by atoms with van der Waals surface area (Å²) in [5.41, 5.74) is 5.98. The predicted octanol–water partition coefficient (Wildman–Crippen LogP) is 6.28. The lowest BCUT2D eigenvalue weighted by molar-refractivity contribution is -0.119. The number of nitrogens with zero attached hydrogens (tertiary/aromatic N) is 2. The summed E-state index contributed by atoms with van der Waals surface area (Å²) < 4.78 is 28.3. The van der Waals surface area contributed by atoms with Crippen molar-refractivity contribution in [3.05, 3.63) is 59.7 Å². The van der Waals surface area contributed by atoms with E-state index in [9.17, 15) is 13.2 Å². The minimum Gasteiger partial charge on any atom is -0.271 e. The molecule has 2 aromatic carbocycles. The summed E-state index contributed by atoms with van der Waals surface area (Å²) in [6.07, 6.45) is 12.7. The molecule has 0 atom stereocenters. The molecule has 0 aromatic heterocycles. The van der Waals surface area contributed by atoms with Crippen molar-refractivity contribution in [2.45, 2.75) is 89.4 Å². The van der Waals surface area contributed by atoms with E-state index in [-0.39, 0.29) is 11.4 Å². The number of carbonyl (C=O) groups excluding carboxylic acids is 1. The Hall–Kier alpha value is -2.67. The van der Waals surface area contributed by atoms with E-state index in [1.165, 1.54) is 49.3 Å². The minimum absolute atomic E-state index is 0.151. The lowest BCUT2D eigenvalue weighted by Crippen LogP contribution is -2.40. The summed E-state index contributed by atoms with van der Waals surface area (Å²) >= 11 is 0.